The van der Waals surface area contributed by atoms with Gasteiger partial charge in [0.25, 0.3) is 0 Å². The van der Waals surface area contributed by atoms with Gasteiger partial charge in [0.1, 0.15) is 0 Å². The lowest BCUT2D eigenvalue weighted by Gasteiger charge is -2.08. The second-order valence-corrected chi connectivity index (χ2v) is 3.95. The van der Waals surface area contributed by atoms with Gasteiger partial charge in [0.15, 0.2) is 0 Å². The summed E-state index contributed by atoms with van der Waals surface area (Å²) in [4.78, 5) is 10.6. The van der Waals surface area contributed by atoms with Crippen LogP contribution in [0.15, 0.2) is 12.2 Å². The van der Waals surface area contributed by atoms with E-state index in [9.17, 15) is 4.79 Å². The smallest absolute Gasteiger partial charge is 0.330 e. The second kappa shape index (κ2) is 7.22. The van der Waals surface area contributed by atoms with Gasteiger partial charge in [0, 0.05) is 16.8 Å². The maximum absolute atomic E-state index is 10.6. The summed E-state index contributed by atoms with van der Waals surface area (Å²) in [5.74, 6) is -0.343. The molecule has 0 aliphatic heterocycles. The Morgan fingerprint density at radius 2 is 2.15 bits per heavy atom. The number of carbonyl (C=O) groups is 1. The number of allylic oxidation sites excluding steroid dienone is 1. The fourth-order valence-corrected chi connectivity index (χ4v) is 0.985. The zero-order valence-electron chi connectivity index (χ0n) is 7.80. The number of hydrogen-bond acceptors (Lipinski definition) is 2. The summed E-state index contributed by atoms with van der Waals surface area (Å²) in [5.41, 5.74) is 0. The first-order chi connectivity index (χ1) is 6.07. The molecule has 0 heterocycles. The third-order valence-corrected chi connectivity index (χ3v) is 2.59. The van der Waals surface area contributed by atoms with E-state index in [0.29, 0.717) is 0 Å². The van der Waals surface area contributed by atoms with Gasteiger partial charge in [0.2, 0.25) is 0 Å². The van der Waals surface area contributed by atoms with Crippen LogP contribution in [0.2, 0.25) is 0 Å². The molecule has 0 aliphatic carbocycles. The van der Waals surface area contributed by atoms with Crippen molar-refractivity contribution < 1.29 is 9.53 Å². The van der Waals surface area contributed by atoms with Crippen LogP contribution in [0, 0.1) is 0 Å². The fraction of sp³-hybridized carbons (Fsp3) is 0.667. The summed E-state index contributed by atoms with van der Waals surface area (Å²) in [5, 5.41) is -0.0999. The lowest BCUT2D eigenvalue weighted by molar-refractivity contribution is -0.134. The predicted molar refractivity (Wildman–Crippen MR) is 55.3 cm³/mol. The Morgan fingerprint density at radius 1 is 1.54 bits per heavy atom. The van der Waals surface area contributed by atoms with E-state index in [-0.39, 0.29) is 16.7 Å². The molecular weight excluding hydrogens is 211 g/mol. The van der Waals surface area contributed by atoms with Crippen molar-refractivity contribution in [1.82, 2.24) is 0 Å². The van der Waals surface area contributed by atoms with Crippen LogP contribution in [0.4, 0.5) is 0 Å². The summed E-state index contributed by atoms with van der Waals surface area (Å²) < 4.78 is 4.42. The van der Waals surface area contributed by atoms with Crippen molar-refractivity contribution in [2.75, 3.05) is 7.11 Å². The number of rotatable bonds is 5. The highest BCUT2D eigenvalue weighted by molar-refractivity contribution is 6.29. The summed E-state index contributed by atoms with van der Waals surface area (Å²) in [6.45, 7) is 1.85. The molecule has 0 aromatic heterocycles. The second-order valence-electron chi connectivity index (χ2n) is 2.70. The van der Waals surface area contributed by atoms with Crippen LogP contribution < -0.4 is 0 Å². The van der Waals surface area contributed by atoms with Gasteiger partial charge < -0.3 is 4.74 Å². The predicted octanol–water partition coefficient (Wildman–Crippen LogP) is 2.73. The largest absolute Gasteiger partial charge is 0.466 e. The van der Waals surface area contributed by atoms with Crippen molar-refractivity contribution in [2.45, 2.75) is 30.5 Å². The van der Waals surface area contributed by atoms with Crippen molar-refractivity contribution in [2.24, 2.45) is 0 Å². The molecule has 0 aromatic rings. The highest BCUT2D eigenvalue weighted by Crippen LogP contribution is 2.14. The summed E-state index contributed by atoms with van der Waals surface area (Å²) in [7, 11) is 1.35. The van der Waals surface area contributed by atoms with Gasteiger partial charge in [0.05, 0.1) is 7.11 Å². The van der Waals surface area contributed by atoms with Crippen molar-refractivity contribution in [3.8, 4) is 0 Å². The molecule has 0 saturated heterocycles. The minimum absolute atomic E-state index is 0.0480. The van der Waals surface area contributed by atoms with Crippen molar-refractivity contribution >= 4 is 29.2 Å². The summed E-state index contributed by atoms with van der Waals surface area (Å²) in [6, 6.07) is 0. The Kier molecular flexibility index (Phi) is 7.10. The van der Waals surface area contributed by atoms with E-state index in [1.165, 1.54) is 13.2 Å². The molecule has 4 heteroatoms. The lowest BCUT2D eigenvalue weighted by atomic mass is 10.2. The number of carbonyl (C=O) groups excluding carboxylic acids is 1. The van der Waals surface area contributed by atoms with E-state index in [1.54, 1.807) is 6.08 Å². The number of alkyl halides is 2. The molecule has 0 aliphatic rings. The third kappa shape index (κ3) is 6.91. The normalized spacial score (nSPS) is 15.7. The van der Waals surface area contributed by atoms with E-state index in [1.807, 2.05) is 6.92 Å². The molecule has 0 saturated carbocycles. The minimum atomic E-state index is -0.343. The Labute approximate surface area is 88.9 Å². The minimum Gasteiger partial charge on any atom is -0.466 e. The van der Waals surface area contributed by atoms with Crippen LogP contribution in [-0.2, 0) is 9.53 Å². The highest BCUT2D eigenvalue weighted by Gasteiger charge is 2.09. The first kappa shape index (κ1) is 12.8. The zero-order valence-corrected chi connectivity index (χ0v) is 9.31. The monoisotopic (exact) mass is 224 g/mol. The van der Waals surface area contributed by atoms with Crippen LogP contribution in [0.1, 0.15) is 19.8 Å². The van der Waals surface area contributed by atoms with Crippen LogP contribution >= 0.6 is 23.2 Å². The standard InChI is InChI=1S/C9H14Cl2O2/c1-7(10)8(11)5-3-4-6-9(12)13-2/h4,6-8H,3,5H2,1-2H3/b6-4+/t7-,8-/m1/s1. The molecule has 0 fully saturated rings. The van der Waals surface area contributed by atoms with Gasteiger partial charge >= 0.3 is 5.97 Å². The van der Waals surface area contributed by atoms with Gasteiger partial charge in [-0.2, -0.15) is 0 Å². The van der Waals surface area contributed by atoms with Crippen molar-refractivity contribution in [3.63, 3.8) is 0 Å². The van der Waals surface area contributed by atoms with E-state index in [4.69, 9.17) is 23.2 Å². The van der Waals surface area contributed by atoms with Gasteiger partial charge in [-0.25, -0.2) is 4.79 Å². The molecule has 13 heavy (non-hydrogen) atoms. The number of methoxy groups -OCH3 is 1. The highest BCUT2D eigenvalue weighted by atomic mass is 35.5. The van der Waals surface area contributed by atoms with Crippen LogP contribution in [0.5, 0.6) is 0 Å². The Bertz CT molecular complexity index is 178. The first-order valence-electron chi connectivity index (χ1n) is 4.10. The van der Waals surface area contributed by atoms with Crippen molar-refractivity contribution in [3.05, 3.63) is 12.2 Å². The quantitative estimate of drug-likeness (QED) is 0.408. The number of hydrogen-bond donors (Lipinski definition) is 0. The van der Waals surface area contributed by atoms with Crippen LogP contribution in [-0.4, -0.2) is 23.8 Å². The lowest BCUT2D eigenvalue weighted by Crippen LogP contribution is -2.09. The molecule has 2 atom stereocenters. The van der Waals surface area contributed by atoms with Gasteiger partial charge in [-0.05, 0) is 19.8 Å². The SMILES string of the molecule is COC(=O)/C=C/CC[C@@H](Cl)[C@@H](C)Cl. The number of ether oxygens (including phenoxy) is 1. The molecule has 0 spiro atoms. The maximum Gasteiger partial charge on any atom is 0.330 e. The fourth-order valence-electron chi connectivity index (χ4n) is 0.733. The van der Waals surface area contributed by atoms with Crippen molar-refractivity contribution in [1.29, 1.82) is 0 Å². The first-order valence-corrected chi connectivity index (χ1v) is 4.97. The van der Waals surface area contributed by atoms with E-state index >= 15 is 0 Å². The zero-order chi connectivity index (χ0) is 10.3. The van der Waals surface area contributed by atoms with E-state index in [2.05, 4.69) is 4.74 Å². The molecule has 0 amide bonds. The Hall–Kier alpha value is -0.210. The van der Waals surface area contributed by atoms with Crippen LogP contribution in [0.3, 0.4) is 0 Å². The third-order valence-electron chi connectivity index (χ3n) is 1.56. The molecule has 0 radical (unpaired) electrons. The van der Waals surface area contributed by atoms with Gasteiger partial charge in [-0.1, -0.05) is 6.08 Å². The molecule has 0 aromatic carbocycles. The number of halogens is 2. The van der Waals surface area contributed by atoms with Gasteiger partial charge in [-0.15, -0.1) is 23.2 Å². The molecule has 0 N–H and O–H groups in total. The summed E-state index contributed by atoms with van der Waals surface area (Å²) in [6.07, 6.45) is 4.63. The Morgan fingerprint density at radius 3 is 2.62 bits per heavy atom. The number of esters is 1. The average molecular weight is 225 g/mol. The van der Waals surface area contributed by atoms with Gasteiger partial charge in [-0.3, -0.25) is 0 Å². The molecule has 0 rings (SSSR count). The molecule has 0 unspecified atom stereocenters. The molecule has 0 bridgehead atoms. The Balaban J connectivity index is 3.55. The van der Waals surface area contributed by atoms with Crippen LogP contribution in [0.25, 0.3) is 0 Å². The topological polar surface area (TPSA) is 26.3 Å². The molecular formula is C9H14Cl2O2. The average Bonchev–Trinajstić information content (AvgIpc) is 2.11. The maximum atomic E-state index is 10.6. The summed E-state index contributed by atoms with van der Waals surface area (Å²) >= 11 is 11.6. The van der Waals surface area contributed by atoms with E-state index in [0.717, 1.165) is 12.8 Å². The van der Waals surface area contributed by atoms with E-state index < -0.39 is 0 Å². The molecule has 76 valence electrons. The molecule has 2 nitrogen and oxygen atoms in total.